The SMILES string of the molecule is C=CC[C@H](Nc1ccc(Cc2ccc(N[C@H](CC=C)c3ccc(C)cc3)cc2)cc1)c1ccc(C)cc1. The third-order valence-electron chi connectivity index (χ3n) is 6.76. The van der Waals surface area contributed by atoms with Crippen LogP contribution in [0.1, 0.15) is 58.3 Å². The van der Waals surface area contributed by atoms with Gasteiger partial charge in [-0.25, -0.2) is 0 Å². The fourth-order valence-corrected chi connectivity index (χ4v) is 4.56. The Balaban J connectivity index is 1.37. The first kappa shape index (κ1) is 26.0. The minimum Gasteiger partial charge on any atom is -0.378 e. The van der Waals surface area contributed by atoms with Gasteiger partial charge >= 0.3 is 0 Å². The third-order valence-corrected chi connectivity index (χ3v) is 6.76. The van der Waals surface area contributed by atoms with Crippen LogP contribution in [-0.2, 0) is 6.42 Å². The summed E-state index contributed by atoms with van der Waals surface area (Å²) in [6, 6.07) is 35.5. The van der Waals surface area contributed by atoms with Crippen molar-refractivity contribution in [1.82, 2.24) is 0 Å². The summed E-state index contributed by atoms with van der Waals surface area (Å²) >= 11 is 0. The predicted octanol–water partition coefficient (Wildman–Crippen LogP) is 9.35. The Morgan fingerprint density at radius 2 is 0.892 bits per heavy atom. The number of hydrogen-bond donors (Lipinski definition) is 2. The molecule has 0 aliphatic heterocycles. The van der Waals surface area contributed by atoms with Gasteiger partial charge in [-0.2, -0.15) is 0 Å². The van der Waals surface area contributed by atoms with Crippen molar-refractivity contribution in [2.75, 3.05) is 10.6 Å². The highest BCUT2D eigenvalue weighted by Crippen LogP contribution is 2.26. The lowest BCUT2D eigenvalue weighted by atomic mass is 10.0. The van der Waals surface area contributed by atoms with Gasteiger partial charge in [-0.05, 0) is 79.6 Å². The summed E-state index contributed by atoms with van der Waals surface area (Å²) in [7, 11) is 0. The number of benzene rings is 4. The molecule has 4 aromatic carbocycles. The van der Waals surface area contributed by atoms with Gasteiger partial charge in [-0.15, -0.1) is 13.2 Å². The minimum absolute atomic E-state index is 0.216. The lowest BCUT2D eigenvalue weighted by molar-refractivity contribution is 0.798. The van der Waals surface area contributed by atoms with Crippen LogP contribution in [-0.4, -0.2) is 0 Å². The van der Waals surface area contributed by atoms with Crippen LogP contribution in [0.4, 0.5) is 11.4 Å². The second-order valence-electron chi connectivity index (χ2n) is 9.83. The summed E-state index contributed by atoms with van der Waals surface area (Å²) in [5.41, 5.74) is 9.95. The molecular formula is C35H38N2. The Hall–Kier alpha value is -4.04. The van der Waals surface area contributed by atoms with E-state index in [0.29, 0.717) is 0 Å². The zero-order valence-electron chi connectivity index (χ0n) is 22.1. The summed E-state index contributed by atoms with van der Waals surface area (Å²) in [5.74, 6) is 0. The molecule has 2 N–H and O–H groups in total. The van der Waals surface area contributed by atoms with E-state index in [-0.39, 0.29) is 12.1 Å². The lowest BCUT2D eigenvalue weighted by Gasteiger charge is -2.20. The molecule has 0 heterocycles. The van der Waals surface area contributed by atoms with Crippen molar-refractivity contribution in [3.63, 3.8) is 0 Å². The van der Waals surface area contributed by atoms with E-state index in [4.69, 9.17) is 0 Å². The Kier molecular flexibility index (Phi) is 8.99. The molecule has 0 radical (unpaired) electrons. The lowest BCUT2D eigenvalue weighted by Crippen LogP contribution is -2.10. The van der Waals surface area contributed by atoms with Crippen LogP contribution in [0.2, 0.25) is 0 Å². The number of hydrogen-bond acceptors (Lipinski definition) is 2. The highest BCUT2D eigenvalue weighted by Gasteiger charge is 2.11. The van der Waals surface area contributed by atoms with E-state index in [2.05, 4.69) is 135 Å². The van der Waals surface area contributed by atoms with Crippen molar-refractivity contribution in [2.45, 2.75) is 45.2 Å². The highest BCUT2D eigenvalue weighted by atomic mass is 14.9. The molecule has 0 saturated carbocycles. The largest absolute Gasteiger partial charge is 0.378 e. The normalized spacial score (nSPS) is 12.4. The van der Waals surface area contributed by atoms with E-state index in [9.17, 15) is 0 Å². The maximum atomic E-state index is 3.95. The molecule has 0 unspecified atom stereocenters. The van der Waals surface area contributed by atoms with Crippen molar-refractivity contribution in [3.8, 4) is 0 Å². The first-order chi connectivity index (χ1) is 18.0. The maximum absolute atomic E-state index is 3.95. The molecule has 0 bridgehead atoms. The van der Waals surface area contributed by atoms with E-state index in [1.54, 1.807) is 0 Å². The molecule has 0 fully saturated rings. The van der Waals surface area contributed by atoms with E-state index >= 15 is 0 Å². The van der Waals surface area contributed by atoms with E-state index in [0.717, 1.165) is 30.6 Å². The molecule has 2 nitrogen and oxygen atoms in total. The molecule has 0 spiro atoms. The summed E-state index contributed by atoms with van der Waals surface area (Å²) in [5, 5.41) is 7.35. The number of aryl methyl sites for hydroxylation is 2. The molecule has 0 aliphatic rings. The molecule has 4 aromatic rings. The van der Waals surface area contributed by atoms with Gasteiger partial charge in [-0.3, -0.25) is 0 Å². The van der Waals surface area contributed by atoms with Crippen molar-refractivity contribution >= 4 is 11.4 Å². The quantitative estimate of drug-likeness (QED) is 0.195. The molecular weight excluding hydrogens is 448 g/mol. The van der Waals surface area contributed by atoms with Crippen molar-refractivity contribution in [2.24, 2.45) is 0 Å². The Labute approximate surface area is 222 Å². The molecule has 2 heteroatoms. The van der Waals surface area contributed by atoms with Crippen molar-refractivity contribution in [3.05, 3.63) is 156 Å². The van der Waals surface area contributed by atoms with Gasteiger partial charge in [0.15, 0.2) is 0 Å². The van der Waals surface area contributed by atoms with Gasteiger partial charge in [0.25, 0.3) is 0 Å². The summed E-state index contributed by atoms with van der Waals surface area (Å²) in [6.07, 6.45) is 6.61. The minimum atomic E-state index is 0.216. The first-order valence-corrected chi connectivity index (χ1v) is 13.1. The standard InChI is InChI=1S/C35H38N2/c1-5-7-34(30-17-9-26(3)10-18-30)36-32-21-13-28(14-22-32)25-29-15-23-33(24-16-29)37-35(8-6-2)31-19-11-27(4)12-20-31/h5-6,9-24,34-37H,1-2,7-8,25H2,3-4H3/t34-,35+. The molecule has 188 valence electrons. The van der Waals surface area contributed by atoms with Gasteiger partial charge in [0.2, 0.25) is 0 Å². The monoisotopic (exact) mass is 486 g/mol. The fourth-order valence-electron chi connectivity index (χ4n) is 4.56. The predicted molar refractivity (Wildman–Crippen MR) is 160 cm³/mol. The van der Waals surface area contributed by atoms with E-state index < -0.39 is 0 Å². The topological polar surface area (TPSA) is 24.1 Å². The fraction of sp³-hybridized carbons (Fsp3) is 0.200. The van der Waals surface area contributed by atoms with Crippen molar-refractivity contribution < 1.29 is 0 Å². The van der Waals surface area contributed by atoms with Gasteiger partial charge in [-0.1, -0.05) is 96.1 Å². The summed E-state index contributed by atoms with van der Waals surface area (Å²) in [6.45, 7) is 12.1. The number of rotatable bonds is 12. The molecule has 37 heavy (non-hydrogen) atoms. The van der Waals surface area contributed by atoms with Gasteiger partial charge < -0.3 is 10.6 Å². The van der Waals surface area contributed by atoms with Gasteiger partial charge in [0, 0.05) is 11.4 Å². The average molecular weight is 487 g/mol. The average Bonchev–Trinajstić information content (AvgIpc) is 2.91. The molecule has 0 aliphatic carbocycles. The summed E-state index contributed by atoms with van der Waals surface area (Å²) in [4.78, 5) is 0. The Morgan fingerprint density at radius 3 is 1.22 bits per heavy atom. The second kappa shape index (κ2) is 12.8. The number of anilines is 2. The van der Waals surface area contributed by atoms with E-state index in [1.165, 1.54) is 33.4 Å². The molecule has 0 amide bonds. The molecule has 2 atom stereocenters. The van der Waals surface area contributed by atoms with Crippen LogP contribution in [0.3, 0.4) is 0 Å². The Bertz CT molecular complexity index is 1160. The maximum Gasteiger partial charge on any atom is 0.0548 e. The van der Waals surface area contributed by atoms with Crippen LogP contribution < -0.4 is 10.6 Å². The molecule has 4 rings (SSSR count). The Morgan fingerprint density at radius 1 is 0.541 bits per heavy atom. The molecule has 0 saturated heterocycles. The second-order valence-corrected chi connectivity index (χ2v) is 9.83. The van der Waals surface area contributed by atoms with E-state index in [1.807, 2.05) is 12.2 Å². The van der Waals surface area contributed by atoms with Crippen molar-refractivity contribution in [1.29, 1.82) is 0 Å². The zero-order chi connectivity index (χ0) is 26.0. The highest BCUT2D eigenvalue weighted by molar-refractivity contribution is 5.50. The zero-order valence-corrected chi connectivity index (χ0v) is 22.1. The number of nitrogens with one attached hydrogen (secondary N) is 2. The van der Waals surface area contributed by atoms with Crippen LogP contribution in [0.15, 0.2) is 122 Å². The van der Waals surface area contributed by atoms with Crippen LogP contribution >= 0.6 is 0 Å². The third kappa shape index (κ3) is 7.47. The van der Waals surface area contributed by atoms with Crippen LogP contribution in [0.25, 0.3) is 0 Å². The van der Waals surface area contributed by atoms with Crippen LogP contribution in [0.5, 0.6) is 0 Å². The van der Waals surface area contributed by atoms with Gasteiger partial charge in [0.05, 0.1) is 12.1 Å². The smallest absolute Gasteiger partial charge is 0.0548 e. The molecule has 0 aromatic heterocycles. The summed E-state index contributed by atoms with van der Waals surface area (Å²) < 4.78 is 0. The van der Waals surface area contributed by atoms with Gasteiger partial charge in [0.1, 0.15) is 0 Å². The van der Waals surface area contributed by atoms with Crippen LogP contribution in [0, 0.1) is 13.8 Å². The first-order valence-electron chi connectivity index (χ1n) is 13.1.